The van der Waals surface area contributed by atoms with Crippen LogP contribution in [0.1, 0.15) is 43.0 Å². The number of hydrogen-bond donors (Lipinski definition) is 1. The predicted octanol–water partition coefficient (Wildman–Crippen LogP) is 4.62. The lowest BCUT2D eigenvalue weighted by Crippen LogP contribution is -2.25. The van der Waals surface area contributed by atoms with Gasteiger partial charge in [0.15, 0.2) is 0 Å². The van der Waals surface area contributed by atoms with E-state index in [4.69, 9.17) is 0 Å². The summed E-state index contributed by atoms with van der Waals surface area (Å²) in [5.41, 5.74) is 2.15. The highest BCUT2D eigenvalue weighted by Gasteiger charge is 2.21. The second-order valence-corrected chi connectivity index (χ2v) is 5.12. The Morgan fingerprint density at radius 1 is 1.00 bits per heavy atom. The van der Waals surface area contributed by atoms with Crippen LogP contribution in [0.4, 0.5) is 8.78 Å². The normalized spacial score (nSPS) is 12.4. The van der Waals surface area contributed by atoms with Crippen molar-refractivity contribution in [1.82, 2.24) is 5.32 Å². The van der Waals surface area contributed by atoms with Crippen LogP contribution in [0.5, 0.6) is 0 Å². The molecule has 2 aromatic carbocycles. The molecular formula is C18H21F2N. The second kappa shape index (κ2) is 7.32. The molecule has 0 aliphatic carbocycles. The van der Waals surface area contributed by atoms with Gasteiger partial charge in [-0.15, -0.1) is 0 Å². The molecule has 1 nitrogen and oxygen atoms in total. The van der Waals surface area contributed by atoms with Crippen molar-refractivity contribution in [2.24, 2.45) is 0 Å². The number of rotatable bonds is 6. The highest BCUT2D eigenvalue weighted by Crippen LogP contribution is 2.27. The maximum absolute atomic E-state index is 14.1. The van der Waals surface area contributed by atoms with E-state index in [2.05, 4.69) is 12.2 Å². The van der Waals surface area contributed by atoms with Gasteiger partial charge in [0.2, 0.25) is 0 Å². The lowest BCUT2D eigenvalue weighted by molar-refractivity contribution is 0.503. The predicted molar refractivity (Wildman–Crippen MR) is 82.3 cm³/mol. The van der Waals surface area contributed by atoms with Gasteiger partial charge in [-0.2, -0.15) is 0 Å². The van der Waals surface area contributed by atoms with Gasteiger partial charge in [0.05, 0.1) is 6.04 Å². The summed E-state index contributed by atoms with van der Waals surface area (Å²) in [6.45, 7) is 4.80. The van der Waals surface area contributed by atoms with Gasteiger partial charge in [-0.3, -0.25) is 0 Å². The highest BCUT2D eigenvalue weighted by molar-refractivity contribution is 5.36. The van der Waals surface area contributed by atoms with Crippen molar-refractivity contribution >= 4 is 0 Å². The van der Waals surface area contributed by atoms with Crippen LogP contribution in [0.15, 0.2) is 42.5 Å². The SMILES string of the molecule is CCCNC(c1cccc(CC)c1)c1c(F)cccc1F. The van der Waals surface area contributed by atoms with Crippen molar-refractivity contribution in [3.8, 4) is 0 Å². The zero-order chi connectivity index (χ0) is 15.2. The van der Waals surface area contributed by atoms with Crippen LogP contribution in [0.25, 0.3) is 0 Å². The third-order valence-electron chi connectivity index (χ3n) is 3.58. The Morgan fingerprint density at radius 2 is 1.67 bits per heavy atom. The summed E-state index contributed by atoms with van der Waals surface area (Å²) in [5.74, 6) is -1.02. The molecule has 0 amide bonds. The maximum Gasteiger partial charge on any atom is 0.131 e. The minimum Gasteiger partial charge on any atom is -0.306 e. The fourth-order valence-corrected chi connectivity index (χ4v) is 2.45. The molecular weight excluding hydrogens is 268 g/mol. The zero-order valence-electron chi connectivity index (χ0n) is 12.5. The molecule has 112 valence electrons. The van der Waals surface area contributed by atoms with Crippen molar-refractivity contribution in [1.29, 1.82) is 0 Å². The van der Waals surface area contributed by atoms with E-state index in [-0.39, 0.29) is 5.56 Å². The lowest BCUT2D eigenvalue weighted by Gasteiger charge is -2.21. The molecule has 0 radical (unpaired) electrons. The molecule has 0 aromatic heterocycles. The molecule has 0 bridgehead atoms. The minimum absolute atomic E-state index is 0.0965. The molecule has 2 rings (SSSR count). The van der Waals surface area contributed by atoms with Crippen molar-refractivity contribution in [2.45, 2.75) is 32.7 Å². The van der Waals surface area contributed by atoms with E-state index >= 15 is 0 Å². The van der Waals surface area contributed by atoms with Gasteiger partial charge in [0.1, 0.15) is 11.6 Å². The summed E-state index contributed by atoms with van der Waals surface area (Å²) in [6, 6.07) is 11.4. The van der Waals surface area contributed by atoms with Crippen molar-refractivity contribution in [3.05, 3.63) is 70.8 Å². The summed E-state index contributed by atoms with van der Waals surface area (Å²) >= 11 is 0. The van der Waals surface area contributed by atoms with E-state index in [1.54, 1.807) is 0 Å². The third kappa shape index (κ3) is 3.67. The van der Waals surface area contributed by atoms with Crippen LogP contribution in [-0.2, 0) is 6.42 Å². The van der Waals surface area contributed by atoms with E-state index in [1.165, 1.54) is 18.2 Å². The van der Waals surface area contributed by atoms with Crippen molar-refractivity contribution in [2.75, 3.05) is 6.54 Å². The van der Waals surface area contributed by atoms with E-state index in [0.717, 1.165) is 24.0 Å². The van der Waals surface area contributed by atoms with Crippen LogP contribution < -0.4 is 5.32 Å². The van der Waals surface area contributed by atoms with Crippen LogP contribution >= 0.6 is 0 Å². The van der Waals surface area contributed by atoms with Crippen LogP contribution in [0.3, 0.4) is 0 Å². The monoisotopic (exact) mass is 289 g/mol. The maximum atomic E-state index is 14.1. The molecule has 2 aromatic rings. The smallest absolute Gasteiger partial charge is 0.131 e. The summed E-state index contributed by atoms with van der Waals surface area (Å²) in [4.78, 5) is 0. The highest BCUT2D eigenvalue weighted by atomic mass is 19.1. The number of hydrogen-bond acceptors (Lipinski definition) is 1. The van der Waals surface area contributed by atoms with Crippen molar-refractivity contribution in [3.63, 3.8) is 0 Å². The first kappa shape index (κ1) is 15.6. The summed E-state index contributed by atoms with van der Waals surface area (Å²) in [6.07, 6.45) is 1.80. The van der Waals surface area contributed by atoms with Crippen LogP contribution in [0.2, 0.25) is 0 Å². The first-order valence-electron chi connectivity index (χ1n) is 7.43. The fourth-order valence-electron chi connectivity index (χ4n) is 2.45. The van der Waals surface area contributed by atoms with E-state index in [1.807, 2.05) is 31.2 Å². The largest absolute Gasteiger partial charge is 0.306 e. The summed E-state index contributed by atoms with van der Waals surface area (Å²) < 4.78 is 28.2. The average Bonchev–Trinajstić information content (AvgIpc) is 2.50. The van der Waals surface area contributed by atoms with Crippen molar-refractivity contribution < 1.29 is 8.78 Å². The molecule has 0 spiro atoms. The van der Waals surface area contributed by atoms with Crippen LogP contribution in [0, 0.1) is 11.6 Å². The van der Waals surface area contributed by atoms with E-state index in [9.17, 15) is 8.78 Å². The standard InChI is InChI=1S/C18H21F2N/c1-3-11-21-18(14-8-5-7-13(4-2)12-14)17-15(19)9-6-10-16(17)20/h5-10,12,18,21H,3-4,11H2,1-2H3. The Morgan fingerprint density at radius 3 is 2.29 bits per heavy atom. The molecule has 21 heavy (non-hydrogen) atoms. The molecule has 0 saturated heterocycles. The molecule has 0 aliphatic rings. The summed E-state index contributed by atoms with van der Waals surface area (Å²) in [7, 11) is 0. The lowest BCUT2D eigenvalue weighted by atomic mass is 9.95. The number of benzene rings is 2. The molecule has 1 unspecified atom stereocenters. The zero-order valence-corrected chi connectivity index (χ0v) is 12.5. The first-order chi connectivity index (χ1) is 10.2. The molecule has 0 aliphatic heterocycles. The quantitative estimate of drug-likeness (QED) is 0.818. The average molecular weight is 289 g/mol. The van der Waals surface area contributed by atoms with Crippen LogP contribution in [-0.4, -0.2) is 6.54 Å². The topological polar surface area (TPSA) is 12.0 Å². The molecule has 0 heterocycles. The van der Waals surface area contributed by atoms with Gasteiger partial charge in [-0.05, 0) is 42.6 Å². The van der Waals surface area contributed by atoms with Gasteiger partial charge in [0.25, 0.3) is 0 Å². The number of halogens is 2. The Labute approximate surface area is 125 Å². The number of aryl methyl sites for hydroxylation is 1. The Bertz CT molecular complexity index is 575. The minimum atomic E-state index is -0.509. The Kier molecular flexibility index (Phi) is 5.45. The Balaban J connectivity index is 2.47. The molecule has 1 N–H and O–H groups in total. The van der Waals surface area contributed by atoms with Gasteiger partial charge in [0, 0.05) is 5.56 Å². The first-order valence-corrected chi connectivity index (χ1v) is 7.43. The second-order valence-electron chi connectivity index (χ2n) is 5.12. The van der Waals surface area contributed by atoms with Gasteiger partial charge >= 0.3 is 0 Å². The molecule has 0 fully saturated rings. The summed E-state index contributed by atoms with van der Waals surface area (Å²) in [5, 5.41) is 3.25. The molecule has 0 saturated carbocycles. The van der Waals surface area contributed by atoms with E-state index in [0.29, 0.717) is 6.54 Å². The fraction of sp³-hybridized carbons (Fsp3) is 0.333. The number of nitrogens with one attached hydrogen (secondary N) is 1. The van der Waals surface area contributed by atoms with Gasteiger partial charge in [-0.25, -0.2) is 8.78 Å². The molecule has 3 heteroatoms. The van der Waals surface area contributed by atoms with Gasteiger partial charge < -0.3 is 5.32 Å². The third-order valence-corrected chi connectivity index (χ3v) is 3.58. The molecule has 1 atom stereocenters. The Hall–Kier alpha value is -1.74. The van der Waals surface area contributed by atoms with Gasteiger partial charge in [-0.1, -0.05) is 44.2 Å². The van der Waals surface area contributed by atoms with E-state index < -0.39 is 17.7 Å².